The van der Waals surface area contributed by atoms with E-state index in [0.717, 1.165) is 0 Å². The number of rotatable bonds is 4. The van der Waals surface area contributed by atoms with Gasteiger partial charge in [0.2, 0.25) is 0 Å². The predicted molar refractivity (Wildman–Crippen MR) is 26.6 cm³/mol. The zero-order valence-electron chi connectivity index (χ0n) is 4.51. The van der Waals surface area contributed by atoms with E-state index >= 15 is 0 Å². The molecule has 0 saturated heterocycles. The lowest BCUT2D eigenvalue weighted by Crippen LogP contribution is -2.00. The summed E-state index contributed by atoms with van der Waals surface area (Å²) in [6, 6.07) is 0. The Kier molecular flexibility index (Phi) is 3.64. The minimum Gasteiger partial charge on any atom is -0.251 e. The fourth-order valence-electron chi connectivity index (χ4n) is 0.213. The van der Waals surface area contributed by atoms with Crippen molar-refractivity contribution >= 4 is 10.5 Å². The lowest BCUT2D eigenvalue weighted by molar-refractivity contribution is 0.274. The van der Waals surface area contributed by atoms with Crippen LogP contribution in [0.2, 0.25) is 0 Å². The van der Waals surface area contributed by atoms with E-state index in [4.69, 9.17) is 0 Å². The van der Waals surface area contributed by atoms with Crippen molar-refractivity contribution in [1.29, 1.82) is 0 Å². The third kappa shape index (κ3) is 7.77. The molecule has 0 rings (SSSR count). The van der Waals surface area contributed by atoms with Gasteiger partial charge in [-0.05, 0) is 0 Å². The normalized spacial score (nSPS) is 11.8. The van der Waals surface area contributed by atoms with Crippen LogP contribution in [0.5, 0.6) is 0 Å². The molecule has 0 aliphatic heterocycles. The third-order valence-corrected chi connectivity index (χ3v) is 0.950. The van der Waals surface area contributed by atoms with Gasteiger partial charge in [-0.15, -0.1) is 0 Å². The predicted octanol–water partition coefficient (Wildman–Crippen LogP) is 0.577. The van der Waals surface area contributed by atoms with Gasteiger partial charge in [0.25, 0.3) is 0 Å². The van der Waals surface area contributed by atoms with Gasteiger partial charge >= 0.3 is 10.5 Å². The Bertz CT molecular complexity index is 152. The summed E-state index contributed by atoms with van der Waals surface area (Å²) >= 11 is 0. The molecule has 0 aliphatic rings. The van der Waals surface area contributed by atoms with Crippen molar-refractivity contribution in [1.82, 2.24) is 0 Å². The van der Waals surface area contributed by atoms with Gasteiger partial charge in [0.1, 0.15) is 0 Å². The topological polar surface area (TPSA) is 43.4 Å². The maximum Gasteiger partial charge on any atom is 0.437 e. The van der Waals surface area contributed by atoms with Crippen LogP contribution in [0.3, 0.4) is 0 Å². The van der Waals surface area contributed by atoms with Crippen molar-refractivity contribution in [2.24, 2.45) is 0 Å². The fourth-order valence-corrected chi connectivity index (χ4v) is 0.530. The molecule has 0 bridgehead atoms. The molecule has 0 aromatic heterocycles. The highest BCUT2D eigenvalue weighted by Crippen LogP contribution is 1.94. The van der Waals surface area contributed by atoms with E-state index < -0.39 is 23.8 Å². The largest absolute Gasteiger partial charge is 0.437 e. The molecule has 0 atom stereocenters. The van der Waals surface area contributed by atoms with Crippen LogP contribution in [0.1, 0.15) is 6.42 Å². The second-order valence-electron chi connectivity index (χ2n) is 1.26. The monoisotopic (exact) mass is 160 g/mol. The SMILES string of the molecule is O=S(=O)(F)OCCCF. The molecule has 0 fully saturated rings. The summed E-state index contributed by atoms with van der Waals surface area (Å²) in [5, 5.41) is 0. The lowest BCUT2D eigenvalue weighted by atomic mass is 10.5. The summed E-state index contributed by atoms with van der Waals surface area (Å²) in [5.41, 5.74) is 0. The molecular weight excluding hydrogens is 154 g/mol. The first kappa shape index (κ1) is 8.77. The smallest absolute Gasteiger partial charge is 0.251 e. The first-order chi connectivity index (χ1) is 4.06. The van der Waals surface area contributed by atoms with E-state index in [2.05, 4.69) is 4.18 Å². The summed E-state index contributed by atoms with van der Waals surface area (Å²) in [6.45, 7) is -1.15. The van der Waals surface area contributed by atoms with Crippen LogP contribution in [0.4, 0.5) is 8.28 Å². The van der Waals surface area contributed by atoms with E-state index in [1.807, 2.05) is 0 Å². The van der Waals surface area contributed by atoms with Crippen molar-refractivity contribution in [3.05, 3.63) is 0 Å². The first-order valence-corrected chi connectivity index (χ1v) is 3.52. The van der Waals surface area contributed by atoms with Gasteiger partial charge < -0.3 is 0 Å². The van der Waals surface area contributed by atoms with Crippen LogP contribution in [-0.4, -0.2) is 21.7 Å². The van der Waals surface area contributed by atoms with Gasteiger partial charge in [-0.25, -0.2) is 4.18 Å². The maximum atomic E-state index is 11.3. The van der Waals surface area contributed by atoms with Crippen LogP contribution < -0.4 is 0 Å². The van der Waals surface area contributed by atoms with E-state index in [0.29, 0.717) is 0 Å². The Morgan fingerprint density at radius 2 is 2.00 bits per heavy atom. The highest BCUT2D eigenvalue weighted by Gasteiger charge is 2.04. The molecule has 56 valence electrons. The Hall–Kier alpha value is -0.230. The summed E-state index contributed by atoms with van der Waals surface area (Å²) in [6.07, 6.45) is -0.108. The molecule has 0 aromatic carbocycles. The average Bonchev–Trinajstić information content (AvgIpc) is 1.63. The standard InChI is InChI=1S/C3H6F2O3S/c4-2-1-3-8-9(5,6)7/h1-3H2. The molecule has 0 heterocycles. The molecule has 0 radical (unpaired) electrons. The highest BCUT2D eigenvalue weighted by atomic mass is 32.3. The van der Waals surface area contributed by atoms with Crippen LogP contribution in [0.15, 0.2) is 0 Å². The number of alkyl halides is 1. The highest BCUT2D eigenvalue weighted by molar-refractivity contribution is 7.81. The molecule has 0 spiro atoms. The van der Waals surface area contributed by atoms with Gasteiger partial charge in [-0.3, -0.25) is 4.39 Å². The van der Waals surface area contributed by atoms with Gasteiger partial charge in [0, 0.05) is 6.42 Å². The summed E-state index contributed by atoms with van der Waals surface area (Å²) < 4.78 is 45.0. The molecule has 0 amide bonds. The van der Waals surface area contributed by atoms with Gasteiger partial charge in [0.15, 0.2) is 0 Å². The Morgan fingerprint density at radius 1 is 1.44 bits per heavy atom. The quantitative estimate of drug-likeness (QED) is 0.446. The first-order valence-electron chi connectivity index (χ1n) is 2.21. The number of hydrogen-bond donors (Lipinski definition) is 0. The van der Waals surface area contributed by atoms with Crippen LogP contribution in [0.25, 0.3) is 0 Å². The lowest BCUT2D eigenvalue weighted by Gasteiger charge is -1.91. The molecule has 0 N–H and O–H groups in total. The zero-order valence-corrected chi connectivity index (χ0v) is 5.33. The molecule has 9 heavy (non-hydrogen) atoms. The van der Waals surface area contributed by atoms with Crippen LogP contribution in [0, 0.1) is 0 Å². The summed E-state index contributed by atoms with van der Waals surface area (Å²) in [5.74, 6) is 0. The van der Waals surface area contributed by atoms with Crippen LogP contribution in [-0.2, 0) is 14.7 Å². The minimum absolute atomic E-state index is 0.108. The maximum absolute atomic E-state index is 11.3. The Labute approximate surface area is 52.0 Å². The molecular formula is C3H6F2O3S. The summed E-state index contributed by atoms with van der Waals surface area (Å²) in [7, 11) is -4.86. The molecule has 3 nitrogen and oxygen atoms in total. The Balaban J connectivity index is 3.30. The second-order valence-corrected chi connectivity index (χ2v) is 2.28. The van der Waals surface area contributed by atoms with Gasteiger partial charge in [-0.2, -0.15) is 8.42 Å². The van der Waals surface area contributed by atoms with Gasteiger partial charge in [-0.1, -0.05) is 3.89 Å². The third-order valence-electron chi connectivity index (χ3n) is 0.502. The van der Waals surface area contributed by atoms with Crippen molar-refractivity contribution in [2.45, 2.75) is 6.42 Å². The average molecular weight is 160 g/mol. The van der Waals surface area contributed by atoms with E-state index in [1.54, 1.807) is 0 Å². The number of halogens is 2. The van der Waals surface area contributed by atoms with E-state index in [-0.39, 0.29) is 6.42 Å². The minimum atomic E-state index is -4.86. The van der Waals surface area contributed by atoms with Crippen LogP contribution >= 0.6 is 0 Å². The van der Waals surface area contributed by atoms with E-state index in [1.165, 1.54) is 0 Å². The molecule has 0 aliphatic carbocycles. The molecule has 0 saturated carbocycles. The second kappa shape index (κ2) is 3.73. The van der Waals surface area contributed by atoms with Crippen molar-refractivity contribution < 1.29 is 20.9 Å². The van der Waals surface area contributed by atoms with Crippen molar-refractivity contribution in [2.75, 3.05) is 13.3 Å². The zero-order chi connectivity index (χ0) is 7.33. The molecule has 0 unspecified atom stereocenters. The fraction of sp³-hybridized carbons (Fsp3) is 1.00. The molecule has 0 aromatic rings. The van der Waals surface area contributed by atoms with Gasteiger partial charge in [0.05, 0.1) is 13.3 Å². The Morgan fingerprint density at radius 3 is 2.33 bits per heavy atom. The number of hydrogen-bond acceptors (Lipinski definition) is 3. The van der Waals surface area contributed by atoms with E-state index in [9.17, 15) is 16.7 Å². The molecule has 6 heteroatoms. The van der Waals surface area contributed by atoms with Crippen molar-refractivity contribution in [3.8, 4) is 0 Å². The summed E-state index contributed by atoms with van der Waals surface area (Å²) in [4.78, 5) is 0. The van der Waals surface area contributed by atoms with Crippen molar-refractivity contribution in [3.63, 3.8) is 0 Å².